The molecule has 1 N–H and O–H groups in total. The van der Waals surface area contributed by atoms with E-state index in [0.717, 1.165) is 12.5 Å². The van der Waals surface area contributed by atoms with Crippen LogP contribution in [0.4, 0.5) is 0 Å². The standard InChI is InChI=1S/C13H23N3/c1-9(2)13-12(7-14-4)8-15-16(13)10(3)11-5-6-11/h8-11,14H,5-7H2,1-4H3. The molecule has 0 amide bonds. The van der Waals surface area contributed by atoms with Crippen molar-refractivity contribution in [2.45, 2.75) is 52.1 Å². The van der Waals surface area contributed by atoms with Crippen LogP contribution in [-0.4, -0.2) is 16.8 Å². The van der Waals surface area contributed by atoms with Crippen molar-refractivity contribution in [3.05, 3.63) is 17.5 Å². The Balaban J connectivity index is 2.28. The van der Waals surface area contributed by atoms with Crippen LogP contribution in [0, 0.1) is 5.92 Å². The van der Waals surface area contributed by atoms with Gasteiger partial charge in [-0.2, -0.15) is 5.10 Å². The molecule has 1 aromatic rings. The molecule has 0 radical (unpaired) electrons. The molecule has 1 fully saturated rings. The highest BCUT2D eigenvalue weighted by Crippen LogP contribution is 2.40. The van der Waals surface area contributed by atoms with E-state index in [1.54, 1.807) is 0 Å². The lowest BCUT2D eigenvalue weighted by Gasteiger charge is -2.18. The van der Waals surface area contributed by atoms with Gasteiger partial charge in [-0.15, -0.1) is 0 Å². The SMILES string of the molecule is CNCc1cnn(C(C)C2CC2)c1C(C)C. The zero-order valence-electron chi connectivity index (χ0n) is 10.8. The van der Waals surface area contributed by atoms with Crippen molar-refractivity contribution in [1.29, 1.82) is 0 Å². The average Bonchev–Trinajstić information content (AvgIpc) is 2.99. The topological polar surface area (TPSA) is 29.9 Å². The van der Waals surface area contributed by atoms with Gasteiger partial charge in [0.05, 0.1) is 12.2 Å². The molecule has 1 atom stereocenters. The summed E-state index contributed by atoms with van der Waals surface area (Å²) in [6.07, 6.45) is 4.78. The van der Waals surface area contributed by atoms with Crippen molar-refractivity contribution in [1.82, 2.24) is 15.1 Å². The van der Waals surface area contributed by atoms with Crippen LogP contribution in [-0.2, 0) is 6.54 Å². The molecule has 2 rings (SSSR count). The molecule has 0 aromatic carbocycles. The summed E-state index contributed by atoms with van der Waals surface area (Å²) in [6.45, 7) is 7.74. The average molecular weight is 221 g/mol. The van der Waals surface area contributed by atoms with Crippen LogP contribution in [0.25, 0.3) is 0 Å². The summed E-state index contributed by atoms with van der Waals surface area (Å²) in [7, 11) is 1.99. The highest BCUT2D eigenvalue weighted by molar-refractivity contribution is 5.21. The van der Waals surface area contributed by atoms with Gasteiger partial charge in [-0.3, -0.25) is 4.68 Å². The largest absolute Gasteiger partial charge is 0.316 e. The van der Waals surface area contributed by atoms with Crippen LogP contribution in [0.5, 0.6) is 0 Å². The van der Waals surface area contributed by atoms with Crippen LogP contribution >= 0.6 is 0 Å². The van der Waals surface area contributed by atoms with Gasteiger partial charge in [-0.05, 0) is 38.6 Å². The van der Waals surface area contributed by atoms with Crippen molar-refractivity contribution in [2.24, 2.45) is 5.92 Å². The van der Waals surface area contributed by atoms with Gasteiger partial charge in [-0.25, -0.2) is 0 Å². The molecule has 1 heterocycles. The normalized spacial score (nSPS) is 18.1. The van der Waals surface area contributed by atoms with Gasteiger partial charge >= 0.3 is 0 Å². The van der Waals surface area contributed by atoms with E-state index < -0.39 is 0 Å². The third-order valence-electron chi connectivity index (χ3n) is 3.52. The quantitative estimate of drug-likeness (QED) is 0.828. The minimum atomic E-state index is 0.548. The minimum Gasteiger partial charge on any atom is -0.316 e. The van der Waals surface area contributed by atoms with Gasteiger partial charge in [-0.1, -0.05) is 13.8 Å². The minimum absolute atomic E-state index is 0.548. The molecule has 3 nitrogen and oxygen atoms in total. The van der Waals surface area contributed by atoms with Crippen LogP contribution in [0.15, 0.2) is 6.20 Å². The van der Waals surface area contributed by atoms with Crippen LogP contribution in [0.1, 0.15) is 56.8 Å². The van der Waals surface area contributed by atoms with E-state index in [1.165, 1.54) is 24.1 Å². The maximum atomic E-state index is 4.59. The van der Waals surface area contributed by atoms with Gasteiger partial charge in [0.1, 0.15) is 0 Å². The van der Waals surface area contributed by atoms with E-state index in [-0.39, 0.29) is 0 Å². The number of nitrogens with one attached hydrogen (secondary N) is 1. The highest BCUT2D eigenvalue weighted by Gasteiger charge is 2.31. The van der Waals surface area contributed by atoms with Crippen molar-refractivity contribution in [3.8, 4) is 0 Å². The van der Waals surface area contributed by atoms with Gasteiger partial charge < -0.3 is 5.32 Å². The first-order valence-electron chi connectivity index (χ1n) is 6.36. The zero-order chi connectivity index (χ0) is 11.7. The Morgan fingerprint density at radius 2 is 2.12 bits per heavy atom. The van der Waals surface area contributed by atoms with Gasteiger partial charge in [0.15, 0.2) is 0 Å². The molecular weight excluding hydrogens is 198 g/mol. The summed E-state index contributed by atoms with van der Waals surface area (Å²) in [5.41, 5.74) is 2.76. The molecule has 3 heteroatoms. The number of hydrogen-bond acceptors (Lipinski definition) is 2. The number of rotatable bonds is 5. The van der Waals surface area contributed by atoms with Crippen molar-refractivity contribution in [3.63, 3.8) is 0 Å². The fourth-order valence-electron chi connectivity index (χ4n) is 2.47. The van der Waals surface area contributed by atoms with Gasteiger partial charge in [0.2, 0.25) is 0 Å². The second-order valence-electron chi connectivity index (χ2n) is 5.26. The lowest BCUT2D eigenvalue weighted by Crippen LogP contribution is -2.15. The number of hydrogen-bond donors (Lipinski definition) is 1. The molecule has 16 heavy (non-hydrogen) atoms. The Hall–Kier alpha value is -0.830. The molecule has 0 spiro atoms. The maximum absolute atomic E-state index is 4.59. The first kappa shape index (κ1) is 11.6. The Morgan fingerprint density at radius 1 is 1.44 bits per heavy atom. The predicted octanol–water partition coefficient (Wildman–Crippen LogP) is 2.70. The maximum Gasteiger partial charge on any atom is 0.0537 e. The van der Waals surface area contributed by atoms with Crippen molar-refractivity contribution < 1.29 is 0 Å². The lowest BCUT2D eigenvalue weighted by atomic mass is 10.0. The van der Waals surface area contributed by atoms with E-state index in [9.17, 15) is 0 Å². The van der Waals surface area contributed by atoms with Gasteiger partial charge in [0, 0.05) is 17.8 Å². The fraction of sp³-hybridized carbons (Fsp3) is 0.769. The monoisotopic (exact) mass is 221 g/mol. The molecule has 90 valence electrons. The lowest BCUT2D eigenvalue weighted by molar-refractivity contribution is 0.417. The molecule has 1 aliphatic rings. The molecular formula is C13H23N3. The zero-order valence-corrected chi connectivity index (χ0v) is 10.8. The van der Waals surface area contributed by atoms with Crippen LogP contribution < -0.4 is 5.32 Å². The van der Waals surface area contributed by atoms with E-state index in [1.807, 2.05) is 13.2 Å². The number of nitrogens with zero attached hydrogens (tertiary/aromatic N) is 2. The molecule has 0 bridgehead atoms. The second kappa shape index (κ2) is 4.58. The Labute approximate surface area is 98.2 Å². The summed E-state index contributed by atoms with van der Waals surface area (Å²) in [4.78, 5) is 0. The Morgan fingerprint density at radius 3 is 2.62 bits per heavy atom. The Kier molecular flexibility index (Phi) is 3.33. The second-order valence-corrected chi connectivity index (χ2v) is 5.26. The van der Waals surface area contributed by atoms with E-state index >= 15 is 0 Å². The van der Waals surface area contributed by atoms with E-state index in [0.29, 0.717) is 12.0 Å². The summed E-state index contributed by atoms with van der Waals surface area (Å²) >= 11 is 0. The molecule has 1 unspecified atom stereocenters. The first-order chi connectivity index (χ1) is 7.65. The highest BCUT2D eigenvalue weighted by atomic mass is 15.3. The summed E-state index contributed by atoms with van der Waals surface area (Å²) in [6, 6.07) is 0.572. The van der Waals surface area contributed by atoms with Gasteiger partial charge in [0.25, 0.3) is 0 Å². The summed E-state index contributed by atoms with van der Waals surface area (Å²) in [5.74, 6) is 1.41. The Bertz CT molecular complexity index is 350. The predicted molar refractivity (Wildman–Crippen MR) is 66.5 cm³/mol. The van der Waals surface area contributed by atoms with Crippen LogP contribution in [0.3, 0.4) is 0 Å². The molecule has 1 aliphatic carbocycles. The van der Waals surface area contributed by atoms with Crippen molar-refractivity contribution in [2.75, 3.05) is 7.05 Å². The first-order valence-corrected chi connectivity index (χ1v) is 6.36. The molecule has 0 aliphatic heterocycles. The van der Waals surface area contributed by atoms with E-state index in [2.05, 4.69) is 35.9 Å². The summed E-state index contributed by atoms with van der Waals surface area (Å²) < 4.78 is 2.26. The molecule has 1 saturated carbocycles. The molecule has 1 aromatic heterocycles. The number of aromatic nitrogens is 2. The van der Waals surface area contributed by atoms with Crippen molar-refractivity contribution >= 4 is 0 Å². The third-order valence-corrected chi connectivity index (χ3v) is 3.52. The summed E-state index contributed by atoms with van der Waals surface area (Å²) in [5, 5.41) is 7.82. The smallest absolute Gasteiger partial charge is 0.0537 e. The van der Waals surface area contributed by atoms with E-state index in [4.69, 9.17) is 0 Å². The third kappa shape index (κ3) is 2.14. The van der Waals surface area contributed by atoms with Crippen LogP contribution in [0.2, 0.25) is 0 Å². The molecule has 0 saturated heterocycles. The fourth-order valence-corrected chi connectivity index (χ4v) is 2.47.